The highest BCUT2D eigenvalue weighted by Gasteiger charge is 2.32. The van der Waals surface area contributed by atoms with E-state index in [4.69, 9.17) is 9.47 Å². The standard InChI is InChI=1S/C17H26N2O3/c1-17(2,14-6-4-5-7-15(14)21-3)16(20)18-8-9-19-10-12-22-13-11-19/h4-7H,8-13H2,1-3H3,(H,18,20). The number of hydrogen-bond donors (Lipinski definition) is 1. The normalized spacial score (nSPS) is 16.3. The van der Waals surface area contributed by atoms with Crippen LogP contribution in [-0.4, -0.2) is 57.3 Å². The topological polar surface area (TPSA) is 50.8 Å². The van der Waals surface area contributed by atoms with E-state index in [0.717, 1.165) is 44.2 Å². The van der Waals surface area contributed by atoms with Gasteiger partial charge in [0.1, 0.15) is 5.75 Å². The van der Waals surface area contributed by atoms with Gasteiger partial charge in [0.05, 0.1) is 25.7 Å². The molecule has 0 saturated carbocycles. The maximum absolute atomic E-state index is 12.6. The molecule has 0 atom stereocenters. The van der Waals surface area contributed by atoms with Crippen LogP contribution in [0.3, 0.4) is 0 Å². The molecular formula is C17H26N2O3. The van der Waals surface area contributed by atoms with Crippen molar-refractivity contribution in [3.8, 4) is 5.75 Å². The molecule has 5 heteroatoms. The van der Waals surface area contributed by atoms with Crippen LogP contribution < -0.4 is 10.1 Å². The molecule has 1 N–H and O–H groups in total. The molecule has 0 spiro atoms. The minimum Gasteiger partial charge on any atom is -0.496 e. The van der Waals surface area contributed by atoms with Crippen LogP contribution in [-0.2, 0) is 14.9 Å². The lowest BCUT2D eigenvalue weighted by molar-refractivity contribution is -0.125. The van der Waals surface area contributed by atoms with E-state index in [-0.39, 0.29) is 5.91 Å². The number of nitrogens with one attached hydrogen (secondary N) is 1. The lowest BCUT2D eigenvalue weighted by Gasteiger charge is -2.29. The molecule has 22 heavy (non-hydrogen) atoms. The fourth-order valence-corrected chi connectivity index (χ4v) is 2.66. The summed E-state index contributed by atoms with van der Waals surface area (Å²) in [6.45, 7) is 8.79. The van der Waals surface area contributed by atoms with E-state index in [9.17, 15) is 4.79 Å². The number of carbonyl (C=O) groups excluding carboxylic acids is 1. The van der Waals surface area contributed by atoms with Crippen molar-refractivity contribution in [1.29, 1.82) is 0 Å². The van der Waals surface area contributed by atoms with Crippen LogP contribution in [0.1, 0.15) is 19.4 Å². The van der Waals surface area contributed by atoms with Crippen LogP contribution in [0.25, 0.3) is 0 Å². The molecule has 0 bridgehead atoms. The molecule has 1 fully saturated rings. The summed E-state index contributed by atoms with van der Waals surface area (Å²) in [5, 5.41) is 3.04. The molecule has 5 nitrogen and oxygen atoms in total. The number of para-hydroxylation sites is 1. The Hall–Kier alpha value is -1.59. The monoisotopic (exact) mass is 306 g/mol. The third kappa shape index (κ3) is 3.99. The smallest absolute Gasteiger partial charge is 0.230 e. The first-order valence-electron chi connectivity index (χ1n) is 7.77. The average Bonchev–Trinajstić information content (AvgIpc) is 2.55. The first-order chi connectivity index (χ1) is 10.6. The second kappa shape index (κ2) is 7.61. The maximum atomic E-state index is 12.6. The zero-order chi connectivity index (χ0) is 16.0. The van der Waals surface area contributed by atoms with Crippen LogP contribution in [0.4, 0.5) is 0 Å². The summed E-state index contributed by atoms with van der Waals surface area (Å²) in [5.74, 6) is 0.765. The van der Waals surface area contributed by atoms with Gasteiger partial charge < -0.3 is 14.8 Å². The Morgan fingerprint density at radius 3 is 2.68 bits per heavy atom. The highest BCUT2D eigenvalue weighted by atomic mass is 16.5. The average molecular weight is 306 g/mol. The number of benzene rings is 1. The molecule has 0 aromatic heterocycles. The van der Waals surface area contributed by atoms with Crippen molar-refractivity contribution in [1.82, 2.24) is 10.2 Å². The van der Waals surface area contributed by atoms with Crippen molar-refractivity contribution in [3.05, 3.63) is 29.8 Å². The molecule has 1 heterocycles. The van der Waals surface area contributed by atoms with Gasteiger partial charge >= 0.3 is 0 Å². The molecular weight excluding hydrogens is 280 g/mol. The lowest BCUT2D eigenvalue weighted by atomic mass is 9.83. The third-order valence-electron chi connectivity index (χ3n) is 4.17. The van der Waals surface area contributed by atoms with E-state index in [0.29, 0.717) is 6.54 Å². The van der Waals surface area contributed by atoms with Crippen molar-refractivity contribution in [2.75, 3.05) is 46.5 Å². The summed E-state index contributed by atoms with van der Waals surface area (Å²) < 4.78 is 10.7. The van der Waals surface area contributed by atoms with Gasteiger partial charge in [-0.25, -0.2) is 0 Å². The Kier molecular flexibility index (Phi) is 5.80. The first kappa shape index (κ1) is 16.8. The number of rotatable bonds is 6. The number of morpholine rings is 1. The number of carbonyl (C=O) groups is 1. The zero-order valence-electron chi connectivity index (χ0n) is 13.7. The molecule has 0 aliphatic carbocycles. The van der Waals surface area contributed by atoms with E-state index in [2.05, 4.69) is 10.2 Å². The summed E-state index contributed by atoms with van der Waals surface area (Å²) in [6.07, 6.45) is 0. The number of amides is 1. The Balaban J connectivity index is 1.92. The second-order valence-corrected chi connectivity index (χ2v) is 6.04. The van der Waals surface area contributed by atoms with Crippen LogP contribution in [0.5, 0.6) is 5.75 Å². The quantitative estimate of drug-likeness (QED) is 0.863. The van der Waals surface area contributed by atoms with Crippen LogP contribution in [0, 0.1) is 0 Å². The van der Waals surface area contributed by atoms with Crippen molar-refractivity contribution in [3.63, 3.8) is 0 Å². The van der Waals surface area contributed by atoms with Crippen LogP contribution in [0.2, 0.25) is 0 Å². The maximum Gasteiger partial charge on any atom is 0.230 e. The molecule has 0 radical (unpaired) electrons. The highest BCUT2D eigenvalue weighted by Crippen LogP contribution is 2.31. The minimum absolute atomic E-state index is 0.0188. The van der Waals surface area contributed by atoms with Crippen LogP contribution in [0.15, 0.2) is 24.3 Å². The molecule has 0 unspecified atom stereocenters. The number of ether oxygens (including phenoxy) is 2. The van der Waals surface area contributed by atoms with Gasteiger partial charge in [-0.3, -0.25) is 9.69 Å². The van der Waals surface area contributed by atoms with Crippen molar-refractivity contribution in [2.45, 2.75) is 19.3 Å². The molecule has 1 amide bonds. The fourth-order valence-electron chi connectivity index (χ4n) is 2.66. The molecule has 122 valence electrons. The van der Waals surface area contributed by atoms with Crippen molar-refractivity contribution in [2.24, 2.45) is 0 Å². The van der Waals surface area contributed by atoms with E-state index in [1.165, 1.54) is 0 Å². The minimum atomic E-state index is -0.627. The van der Waals surface area contributed by atoms with Gasteiger partial charge in [-0.1, -0.05) is 18.2 Å². The van der Waals surface area contributed by atoms with Gasteiger partial charge in [0.2, 0.25) is 5.91 Å². The number of hydrogen-bond acceptors (Lipinski definition) is 4. The summed E-state index contributed by atoms with van der Waals surface area (Å²) in [7, 11) is 1.63. The van der Waals surface area contributed by atoms with Gasteiger partial charge in [-0.2, -0.15) is 0 Å². The van der Waals surface area contributed by atoms with Crippen molar-refractivity contribution >= 4 is 5.91 Å². The van der Waals surface area contributed by atoms with E-state index >= 15 is 0 Å². The van der Waals surface area contributed by atoms with Crippen molar-refractivity contribution < 1.29 is 14.3 Å². The molecule has 1 aromatic carbocycles. The van der Waals surface area contributed by atoms with E-state index < -0.39 is 5.41 Å². The summed E-state index contributed by atoms with van der Waals surface area (Å²) in [4.78, 5) is 14.9. The molecule has 1 saturated heterocycles. The summed E-state index contributed by atoms with van der Waals surface area (Å²) >= 11 is 0. The van der Waals surface area contributed by atoms with E-state index in [1.807, 2.05) is 38.1 Å². The predicted octanol–water partition coefficient (Wildman–Crippen LogP) is 1.42. The molecule has 1 aliphatic rings. The highest BCUT2D eigenvalue weighted by molar-refractivity contribution is 5.88. The molecule has 1 aliphatic heterocycles. The van der Waals surface area contributed by atoms with Crippen LogP contribution >= 0.6 is 0 Å². The summed E-state index contributed by atoms with van der Waals surface area (Å²) in [5.41, 5.74) is 0.277. The second-order valence-electron chi connectivity index (χ2n) is 6.04. The SMILES string of the molecule is COc1ccccc1C(C)(C)C(=O)NCCN1CCOCC1. The third-order valence-corrected chi connectivity index (χ3v) is 4.17. The first-order valence-corrected chi connectivity index (χ1v) is 7.77. The van der Waals surface area contributed by atoms with Gasteiger partial charge in [0.25, 0.3) is 0 Å². The number of methoxy groups -OCH3 is 1. The molecule has 2 rings (SSSR count). The Morgan fingerprint density at radius 1 is 1.32 bits per heavy atom. The van der Waals surface area contributed by atoms with Gasteiger partial charge in [0, 0.05) is 31.7 Å². The fraction of sp³-hybridized carbons (Fsp3) is 0.588. The largest absolute Gasteiger partial charge is 0.496 e. The molecule has 1 aromatic rings. The predicted molar refractivity (Wildman–Crippen MR) is 86.3 cm³/mol. The van der Waals surface area contributed by atoms with Gasteiger partial charge in [-0.15, -0.1) is 0 Å². The Morgan fingerprint density at radius 2 is 2.00 bits per heavy atom. The Bertz CT molecular complexity index is 496. The number of nitrogens with zero attached hydrogens (tertiary/aromatic N) is 1. The van der Waals surface area contributed by atoms with E-state index in [1.54, 1.807) is 7.11 Å². The van der Waals surface area contributed by atoms with Gasteiger partial charge in [0.15, 0.2) is 0 Å². The summed E-state index contributed by atoms with van der Waals surface area (Å²) in [6, 6.07) is 7.67. The Labute approximate surface area is 132 Å². The zero-order valence-corrected chi connectivity index (χ0v) is 13.7. The van der Waals surface area contributed by atoms with Gasteiger partial charge in [-0.05, 0) is 19.9 Å². The lowest BCUT2D eigenvalue weighted by Crippen LogP contribution is -2.45.